The minimum absolute atomic E-state index is 0.0970. The van der Waals surface area contributed by atoms with Crippen LogP contribution in [0.25, 0.3) is 0 Å². The van der Waals surface area contributed by atoms with Crippen LogP contribution in [0, 0.1) is 6.92 Å². The SMILES string of the molecule is CCCCN(CC(=O)N1CCc2sccc2C1c1ccccc1C)S(=O)(=O)c1ccc(NC(C)=O)cc1. The molecule has 4 rings (SSSR count). The highest BCUT2D eigenvalue weighted by molar-refractivity contribution is 7.89. The first-order chi connectivity index (χ1) is 17.7. The molecule has 1 aromatic heterocycles. The molecule has 0 saturated carbocycles. The number of hydrogen-bond donors (Lipinski definition) is 1. The lowest BCUT2D eigenvalue weighted by Crippen LogP contribution is -2.47. The van der Waals surface area contributed by atoms with Gasteiger partial charge in [-0.3, -0.25) is 9.59 Å². The lowest BCUT2D eigenvalue weighted by molar-refractivity contribution is -0.133. The topological polar surface area (TPSA) is 86.8 Å². The van der Waals surface area contributed by atoms with Crippen molar-refractivity contribution in [3.05, 3.63) is 81.5 Å². The Morgan fingerprint density at radius 2 is 1.81 bits per heavy atom. The fourth-order valence-corrected chi connectivity index (χ4v) is 7.07. The van der Waals surface area contributed by atoms with Crippen LogP contribution in [0.4, 0.5) is 5.69 Å². The summed E-state index contributed by atoms with van der Waals surface area (Å²) in [5, 5.41) is 4.71. The highest BCUT2D eigenvalue weighted by atomic mass is 32.2. The van der Waals surface area contributed by atoms with Crippen LogP contribution >= 0.6 is 11.3 Å². The third kappa shape index (κ3) is 5.95. The maximum Gasteiger partial charge on any atom is 0.243 e. The molecule has 0 radical (unpaired) electrons. The van der Waals surface area contributed by atoms with Gasteiger partial charge in [0.25, 0.3) is 0 Å². The molecule has 3 aromatic rings. The Morgan fingerprint density at radius 1 is 1.08 bits per heavy atom. The molecule has 2 aromatic carbocycles. The number of fused-ring (bicyclic) bond motifs is 1. The van der Waals surface area contributed by atoms with Crippen molar-refractivity contribution < 1.29 is 18.0 Å². The first-order valence-corrected chi connectivity index (χ1v) is 14.8. The van der Waals surface area contributed by atoms with Crippen molar-refractivity contribution in [1.82, 2.24) is 9.21 Å². The molecule has 2 amide bonds. The Morgan fingerprint density at radius 3 is 2.49 bits per heavy atom. The average molecular weight is 540 g/mol. The molecule has 1 N–H and O–H groups in total. The molecular formula is C28H33N3O4S2. The van der Waals surface area contributed by atoms with Gasteiger partial charge < -0.3 is 10.2 Å². The van der Waals surface area contributed by atoms with E-state index in [0.29, 0.717) is 18.7 Å². The smallest absolute Gasteiger partial charge is 0.243 e. The second kappa shape index (κ2) is 11.6. The highest BCUT2D eigenvalue weighted by Gasteiger charge is 2.36. The van der Waals surface area contributed by atoms with Crippen LogP contribution in [0.5, 0.6) is 0 Å². The fourth-order valence-electron chi connectivity index (χ4n) is 4.74. The van der Waals surface area contributed by atoms with E-state index < -0.39 is 10.0 Å². The Balaban J connectivity index is 1.63. The van der Waals surface area contributed by atoms with E-state index in [1.807, 2.05) is 36.9 Å². The second-order valence-corrected chi connectivity index (χ2v) is 12.2. The van der Waals surface area contributed by atoms with Gasteiger partial charge in [-0.25, -0.2) is 8.42 Å². The first kappa shape index (κ1) is 27.0. The van der Waals surface area contributed by atoms with E-state index in [1.54, 1.807) is 23.5 Å². The van der Waals surface area contributed by atoms with E-state index in [4.69, 9.17) is 0 Å². The Labute approximate surface area is 223 Å². The highest BCUT2D eigenvalue weighted by Crippen LogP contribution is 2.39. The number of nitrogens with one attached hydrogen (secondary N) is 1. The van der Waals surface area contributed by atoms with Crippen LogP contribution in [-0.4, -0.2) is 49.1 Å². The van der Waals surface area contributed by atoms with E-state index >= 15 is 0 Å². The van der Waals surface area contributed by atoms with Gasteiger partial charge >= 0.3 is 0 Å². The Hall–Kier alpha value is -3.01. The predicted molar refractivity (Wildman–Crippen MR) is 147 cm³/mol. The van der Waals surface area contributed by atoms with Gasteiger partial charge in [0.1, 0.15) is 0 Å². The summed E-state index contributed by atoms with van der Waals surface area (Å²) in [5.74, 6) is -0.441. The molecule has 9 heteroatoms. The molecule has 7 nitrogen and oxygen atoms in total. The number of hydrogen-bond acceptors (Lipinski definition) is 5. The van der Waals surface area contributed by atoms with Gasteiger partial charge in [-0.2, -0.15) is 4.31 Å². The number of benzene rings is 2. The van der Waals surface area contributed by atoms with Crippen molar-refractivity contribution >= 4 is 38.9 Å². The van der Waals surface area contributed by atoms with E-state index in [1.165, 1.54) is 28.2 Å². The number of amides is 2. The number of rotatable bonds is 9. The molecule has 0 spiro atoms. The molecule has 0 saturated heterocycles. The van der Waals surface area contributed by atoms with Gasteiger partial charge in [0.15, 0.2) is 0 Å². The minimum atomic E-state index is -3.92. The maximum absolute atomic E-state index is 13.8. The molecule has 1 atom stereocenters. The first-order valence-electron chi connectivity index (χ1n) is 12.5. The van der Waals surface area contributed by atoms with Crippen LogP contribution in [0.15, 0.2) is 64.9 Å². The fraction of sp³-hybridized carbons (Fsp3) is 0.357. The molecule has 1 aliphatic rings. The van der Waals surface area contributed by atoms with Crippen LogP contribution in [0.1, 0.15) is 54.3 Å². The zero-order chi connectivity index (χ0) is 26.6. The summed E-state index contributed by atoms with van der Waals surface area (Å²) in [6.45, 7) is 6.00. The summed E-state index contributed by atoms with van der Waals surface area (Å²) >= 11 is 1.70. The number of carbonyl (C=O) groups is 2. The molecular weight excluding hydrogens is 506 g/mol. The summed E-state index contributed by atoms with van der Waals surface area (Å²) in [4.78, 5) is 28.4. The Kier molecular flexibility index (Phi) is 8.46. The summed E-state index contributed by atoms with van der Waals surface area (Å²) < 4.78 is 28.5. The van der Waals surface area contributed by atoms with Gasteiger partial charge in [-0.1, -0.05) is 37.6 Å². The van der Waals surface area contributed by atoms with Gasteiger partial charge in [0.2, 0.25) is 21.8 Å². The number of nitrogens with zero attached hydrogens (tertiary/aromatic N) is 2. The van der Waals surface area contributed by atoms with Crippen molar-refractivity contribution in [3.8, 4) is 0 Å². The lowest BCUT2D eigenvalue weighted by Gasteiger charge is -2.38. The average Bonchev–Trinajstić information content (AvgIpc) is 3.35. The third-order valence-electron chi connectivity index (χ3n) is 6.65. The number of unbranched alkanes of at least 4 members (excludes halogenated alkanes) is 1. The van der Waals surface area contributed by atoms with Gasteiger partial charge in [0, 0.05) is 30.6 Å². The quantitative estimate of drug-likeness (QED) is 0.416. The number of aryl methyl sites for hydroxylation is 1. The van der Waals surface area contributed by atoms with Crippen LogP contribution in [0.3, 0.4) is 0 Å². The van der Waals surface area contributed by atoms with Crippen LogP contribution < -0.4 is 5.32 Å². The molecule has 196 valence electrons. The zero-order valence-electron chi connectivity index (χ0n) is 21.4. The molecule has 1 unspecified atom stereocenters. The molecule has 1 aliphatic heterocycles. The number of thiophene rings is 1. The van der Waals surface area contributed by atoms with Crippen molar-refractivity contribution in [1.29, 1.82) is 0 Å². The van der Waals surface area contributed by atoms with E-state index in [2.05, 4.69) is 22.8 Å². The number of anilines is 1. The van der Waals surface area contributed by atoms with E-state index in [0.717, 1.165) is 29.5 Å². The van der Waals surface area contributed by atoms with E-state index in [9.17, 15) is 18.0 Å². The van der Waals surface area contributed by atoms with Crippen molar-refractivity contribution in [2.45, 2.75) is 51.0 Å². The van der Waals surface area contributed by atoms with Gasteiger partial charge in [-0.15, -0.1) is 11.3 Å². The maximum atomic E-state index is 13.8. The molecule has 0 bridgehead atoms. The van der Waals surface area contributed by atoms with Gasteiger partial charge in [0.05, 0.1) is 17.5 Å². The predicted octanol–water partition coefficient (Wildman–Crippen LogP) is 4.98. The van der Waals surface area contributed by atoms with Crippen molar-refractivity contribution in [2.24, 2.45) is 0 Å². The van der Waals surface area contributed by atoms with Gasteiger partial charge in [-0.05, 0) is 72.2 Å². The summed E-state index contributed by atoms with van der Waals surface area (Å²) in [6, 6.07) is 16.0. The Bertz CT molecular complexity index is 1370. The van der Waals surface area contributed by atoms with E-state index in [-0.39, 0.29) is 35.8 Å². The summed E-state index contributed by atoms with van der Waals surface area (Å²) in [5.41, 5.74) is 3.80. The number of sulfonamides is 1. The van der Waals surface area contributed by atoms with Crippen LogP contribution in [0.2, 0.25) is 0 Å². The standard InChI is InChI=1S/C28H33N3O4S2/c1-4-5-16-30(37(34,35)23-12-10-22(11-13-23)29-21(3)32)19-27(33)31-17-14-26-25(15-18-36-26)28(31)24-9-7-6-8-20(24)2/h6-13,15,18,28H,4-5,14,16-17,19H2,1-3H3,(H,29,32). The molecule has 2 heterocycles. The largest absolute Gasteiger partial charge is 0.330 e. The molecule has 37 heavy (non-hydrogen) atoms. The minimum Gasteiger partial charge on any atom is -0.330 e. The zero-order valence-corrected chi connectivity index (χ0v) is 23.1. The normalized spacial score (nSPS) is 15.5. The number of carbonyl (C=O) groups excluding carboxylic acids is 2. The molecule has 0 fully saturated rings. The monoisotopic (exact) mass is 539 g/mol. The summed E-state index contributed by atoms with van der Waals surface area (Å²) in [7, 11) is -3.92. The lowest BCUT2D eigenvalue weighted by atomic mass is 9.90. The summed E-state index contributed by atoms with van der Waals surface area (Å²) in [6.07, 6.45) is 2.20. The van der Waals surface area contributed by atoms with Crippen molar-refractivity contribution in [2.75, 3.05) is 25.0 Å². The molecule has 0 aliphatic carbocycles. The van der Waals surface area contributed by atoms with Crippen molar-refractivity contribution in [3.63, 3.8) is 0 Å². The van der Waals surface area contributed by atoms with Crippen LogP contribution in [-0.2, 0) is 26.0 Å². The second-order valence-electron chi connectivity index (χ2n) is 9.29. The third-order valence-corrected chi connectivity index (χ3v) is 9.51.